The first-order valence-electron chi connectivity index (χ1n) is 6.80. The maximum atomic E-state index is 11.9. The molecule has 1 saturated carbocycles. The van der Waals surface area contributed by atoms with Crippen LogP contribution in [0, 0.1) is 11.3 Å². The van der Waals surface area contributed by atoms with Crippen molar-refractivity contribution in [3.63, 3.8) is 0 Å². The number of carbonyl (C=O) groups is 1. The van der Waals surface area contributed by atoms with Gasteiger partial charge in [-0.2, -0.15) is 5.26 Å². The van der Waals surface area contributed by atoms with Crippen LogP contribution in [0.2, 0.25) is 5.02 Å². The van der Waals surface area contributed by atoms with Crippen LogP contribution in [0.4, 0.5) is 5.69 Å². The van der Waals surface area contributed by atoms with Gasteiger partial charge >= 0.3 is 0 Å². The van der Waals surface area contributed by atoms with Crippen LogP contribution in [0.5, 0.6) is 0 Å². The van der Waals surface area contributed by atoms with E-state index in [1.807, 2.05) is 6.07 Å². The van der Waals surface area contributed by atoms with Crippen molar-refractivity contribution in [3.8, 4) is 6.07 Å². The number of nitriles is 1. The van der Waals surface area contributed by atoms with Crippen LogP contribution in [0.3, 0.4) is 0 Å². The molecule has 0 aromatic heterocycles. The molecule has 106 valence electrons. The Bertz CT molecular complexity index is 521. The number of benzene rings is 1. The standard InChI is InChI=1S/C15H17ClN2OS/c16-14-8-12(7-6-11(14)9-17)18-15(19)10-20-13-4-2-1-3-5-13/h6-8,13H,1-5,10H2,(H,18,19). The highest BCUT2D eigenvalue weighted by Crippen LogP contribution is 2.28. The zero-order valence-electron chi connectivity index (χ0n) is 11.2. The van der Waals surface area contributed by atoms with Gasteiger partial charge in [0.15, 0.2) is 0 Å². The van der Waals surface area contributed by atoms with Crippen LogP contribution in [0.1, 0.15) is 37.7 Å². The highest BCUT2D eigenvalue weighted by molar-refractivity contribution is 8.00. The van der Waals surface area contributed by atoms with Crippen LogP contribution in [0.25, 0.3) is 0 Å². The molecule has 0 aliphatic heterocycles. The molecule has 0 bridgehead atoms. The van der Waals surface area contributed by atoms with E-state index in [-0.39, 0.29) is 5.91 Å². The minimum absolute atomic E-state index is 0.0126. The highest BCUT2D eigenvalue weighted by atomic mass is 35.5. The number of rotatable bonds is 4. The van der Waals surface area contributed by atoms with E-state index >= 15 is 0 Å². The van der Waals surface area contributed by atoms with E-state index in [1.165, 1.54) is 32.1 Å². The lowest BCUT2D eigenvalue weighted by molar-refractivity contribution is -0.113. The van der Waals surface area contributed by atoms with Gasteiger partial charge in [-0.05, 0) is 31.0 Å². The van der Waals surface area contributed by atoms with Crippen LogP contribution in [-0.4, -0.2) is 16.9 Å². The molecule has 1 aromatic rings. The summed E-state index contributed by atoms with van der Waals surface area (Å²) in [4.78, 5) is 11.9. The summed E-state index contributed by atoms with van der Waals surface area (Å²) in [5, 5.41) is 12.6. The monoisotopic (exact) mass is 308 g/mol. The summed E-state index contributed by atoms with van der Waals surface area (Å²) in [5.41, 5.74) is 1.06. The first kappa shape index (κ1) is 15.2. The molecule has 0 saturated heterocycles. The first-order chi connectivity index (χ1) is 9.69. The molecule has 1 N–H and O–H groups in total. The average molecular weight is 309 g/mol. The van der Waals surface area contributed by atoms with Crippen molar-refractivity contribution in [3.05, 3.63) is 28.8 Å². The molecule has 1 aliphatic carbocycles. The number of thioether (sulfide) groups is 1. The van der Waals surface area contributed by atoms with Crippen LogP contribution < -0.4 is 5.32 Å². The second-order valence-electron chi connectivity index (χ2n) is 4.93. The molecule has 1 fully saturated rings. The SMILES string of the molecule is N#Cc1ccc(NC(=O)CSC2CCCCC2)cc1Cl. The molecule has 0 heterocycles. The van der Waals surface area contributed by atoms with Gasteiger partial charge in [-0.15, -0.1) is 11.8 Å². The predicted molar refractivity (Wildman–Crippen MR) is 84.1 cm³/mol. The number of hydrogen-bond donors (Lipinski definition) is 1. The molecule has 1 aromatic carbocycles. The molecular formula is C15H17ClN2OS. The summed E-state index contributed by atoms with van der Waals surface area (Å²) in [7, 11) is 0. The maximum absolute atomic E-state index is 11.9. The summed E-state index contributed by atoms with van der Waals surface area (Å²) in [5.74, 6) is 0.462. The fourth-order valence-corrected chi connectivity index (χ4v) is 3.65. The molecular weight excluding hydrogens is 292 g/mol. The highest BCUT2D eigenvalue weighted by Gasteiger charge is 2.15. The van der Waals surface area contributed by atoms with Crippen LogP contribution in [-0.2, 0) is 4.79 Å². The van der Waals surface area contributed by atoms with E-state index in [0.717, 1.165) is 0 Å². The molecule has 0 radical (unpaired) electrons. The van der Waals surface area contributed by atoms with E-state index < -0.39 is 0 Å². The molecule has 3 nitrogen and oxygen atoms in total. The van der Waals surface area contributed by atoms with Gasteiger partial charge in [-0.3, -0.25) is 4.79 Å². The predicted octanol–water partition coefficient (Wildman–Crippen LogP) is 4.22. The number of nitrogens with zero attached hydrogens (tertiary/aromatic N) is 1. The summed E-state index contributed by atoms with van der Waals surface area (Å²) in [6.07, 6.45) is 6.34. The van der Waals surface area contributed by atoms with Gasteiger partial charge in [0.1, 0.15) is 6.07 Å². The lowest BCUT2D eigenvalue weighted by Crippen LogP contribution is -2.17. The third-order valence-electron chi connectivity index (χ3n) is 3.38. The lowest BCUT2D eigenvalue weighted by atomic mass is 10.0. The Labute approximate surface area is 128 Å². The molecule has 0 spiro atoms. The van der Waals surface area contributed by atoms with Crippen molar-refractivity contribution >= 4 is 35.0 Å². The summed E-state index contributed by atoms with van der Waals surface area (Å²) in [6, 6.07) is 6.93. The Morgan fingerprint density at radius 2 is 2.15 bits per heavy atom. The number of hydrogen-bond acceptors (Lipinski definition) is 3. The number of amides is 1. The van der Waals surface area contributed by atoms with E-state index in [0.29, 0.717) is 27.3 Å². The third-order valence-corrected chi connectivity index (χ3v) is 5.06. The van der Waals surface area contributed by atoms with Crippen LogP contribution in [0.15, 0.2) is 18.2 Å². The van der Waals surface area contributed by atoms with Crippen molar-refractivity contribution in [1.82, 2.24) is 0 Å². The van der Waals surface area contributed by atoms with Crippen molar-refractivity contribution in [2.24, 2.45) is 0 Å². The minimum Gasteiger partial charge on any atom is -0.325 e. The molecule has 5 heteroatoms. The Morgan fingerprint density at radius 1 is 1.40 bits per heavy atom. The van der Waals surface area contributed by atoms with Gasteiger partial charge in [0.25, 0.3) is 0 Å². The molecule has 1 amide bonds. The van der Waals surface area contributed by atoms with Gasteiger partial charge in [-0.1, -0.05) is 30.9 Å². The molecule has 1 aliphatic rings. The number of halogens is 1. The summed E-state index contributed by atoms with van der Waals surface area (Å²) >= 11 is 7.67. The molecule has 0 atom stereocenters. The normalized spacial score (nSPS) is 15.6. The van der Waals surface area contributed by atoms with E-state index in [4.69, 9.17) is 16.9 Å². The maximum Gasteiger partial charge on any atom is 0.234 e. The zero-order valence-corrected chi connectivity index (χ0v) is 12.8. The van der Waals surface area contributed by atoms with Gasteiger partial charge in [-0.25, -0.2) is 0 Å². The Hall–Kier alpha value is -1.18. The molecule has 2 rings (SSSR count). The van der Waals surface area contributed by atoms with E-state index in [9.17, 15) is 4.79 Å². The Morgan fingerprint density at radius 3 is 2.80 bits per heavy atom. The number of anilines is 1. The van der Waals surface area contributed by atoms with Crippen LogP contribution >= 0.6 is 23.4 Å². The van der Waals surface area contributed by atoms with Crippen molar-refractivity contribution in [2.45, 2.75) is 37.4 Å². The van der Waals surface area contributed by atoms with Gasteiger partial charge in [0.05, 0.1) is 16.3 Å². The second kappa shape index (κ2) is 7.56. The topological polar surface area (TPSA) is 52.9 Å². The largest absolute Gasteiger partial charge is 0.325 e. The number of nitrogens with one attached hydrogen (secondary N) is 1. The Balaban J connectivity index is 1.82. The van der Waals surface area contributed by atoms with E-state index in [2.05, 4.69) is 5.32 Å². The van der Waals surface area contributed by atoms with E-state index in [1.54, 1.807) is 30.0 Å². The van der Waals surface area contributed by atoms with Crippen molar-refractivity contribution in [1.29, 1.82) is 5.26 Å². The van der Waals surface area contributed by atoms with Gasteiger partial charge in [0.2, 0.25) is 5.91 Å². The quantitative estimate of drug-likeness (QED) is 0.906. The third kappa shape index (κ3) is 4.43. The fraction of sp³-hybridized carbons (Fsp3) is 0.467. The van der Waals surface area contributed by atoms with Gasteiger partial charge < -0.3 is 5.32 Å². The molecule has 0 unspecified atom stereocenters. The first-order valence-corrected chi connectivity index (χ1v) is 8.23. The smallest absolute Gasteiger partial charge is 0.234 e. The number of carbonyl (C=O) groups excluding carboxylic acids is 1. The van der Waals surface area contributed by atoms with Crippen molar-refractivity contribution < 1.29 is 4.79 Å². The Kier molecular flexibility index (Phi) is 5.75. The zero-order chi connectivity index (χ0) is 14.4. The second-order valence-corrected chi connectivity index (χ2v) is 6.62. The minimum atomic E-state index is -0.0126. The average Bonchev–Trinajstić information content (AvgIpc) is 2.46. The van der Waals surface area contributed by atoms with Gasteiger partial charge in [0, 0.05) is 10.9 Å². The lowest BCUT2D eigenvalue weighted by Gasteiger charge is -2.20. The van der Waals surface area contributed by atoms with Crippen molar-refractivity contribution in [2.75, 3.05) is 11.1 Å². The fourth-order valence-electron chi connectivity index (χ4n) is 2.31. The summed E-state index contributed by atoms with van der Waals surface area (Å²) < 4.78 is 0. The summed E-state index contributed by atoms with van der Waals surface area (Å²) in [6.45, 7) is 0. The molecule has 20 heavy (non-hydrogen) atoms.